The molecule has 0 aromatic heterocycles. The zero-order chi connectivity index (χ0) is 7.33. The third-order valence-electron chi connectivity index (χ3n) is 1.34. The maximum atomic E-state index is 8.56. The van der Waals surface area contributed by atoms with Crippen molar-refractivity contribution in [3.63, 3.8) is 0 Å². The quantitative estimate of drug-likeness (QED) is 0.337. The Labute approximate surface area is 54.4 Å². The molecular weight excluding hydrogens is 140 g/mol. The summed E-state index contributed by atoms with van der Waals surface area (Å²) >= 11 is 0. The highest BCUT2D eigenvalue weighted by Gasteiger charge is 2.30. The van der Waals surface area contributed by atoms with Gasteiger partial charge in [-0.25, -0.2) is 0 Å². The van der Waals surface area contributed by atoms with Crippen molar-refractivity contribution in [1.82, 2.24) is 0 Å². The van der Waals surface area contributed by atoms with Gasteiger partial charge in [0.15, 0.2) is 8.07 Å². The van der Waals surface area contributed by atoms with E-state index in [-0.39, 0.29) is 24.9 Å². The largest absolute Gasteiger partial charge is 0.399 e. The van der Waals surface area contributed by atoms with E-state index >= 15 is 0 Å². The second kappa shape index (κ2) is 3.97. The van der Waals surface area contributed by atoms with Crippen molar-refractivity contribution in [2.24, 2.45) is 0 Å². The highest BCUT2D eigenvalue weighted by molar-refractivity contribution is 6.79. The van der Waals surface area contributed by atoms with Gasteiger partial charge in [0.05, 0.1) is 0 Å². The second-order valence-electron chi connectivity index (χ2n) is 2.13. The van der Waals surface area contributed by atoms with Crippen LogP contribution in [0.1, 0.15) is 0 Å². The van der Waals surface area contributed by atoms with Crippen LogP contribution in [0.4, 0.5) is 0 Å². The monoisotopic (exact) mass is 152 g/mol. The van der Waals surface area contributed by atoms with Gasteiger partial charge in [0.2, 0.25) is 0 Å². The van der Waals surface area contributed by atoms with E-state index in [1.54, 1.807) is 0 Å². The summed E-state index contributed by atoms with van der Waals surface area (Å²) in [5, 5.41) is 34.2. The minimum absolute atomic E-state index is 0.267. The van der Waals surface area contributed by atoms with Crippen molar-refractivity contribution >= 4 is 8.07 Å². The summed E-state index contributed by atoms with van der Waals surface area (Å²) in [6.07, 6.45) is -1.07. The van der Waals surface area contributed by atoms with E-state index in [4.69, 9.17) is 20.4 Å². The number of hydrogen-bond acceptors (Lipinski definition) is 4. The molecule has 0 aromatic carbocycles. The first-order valence-electron chi connectivity index (χ1n) is 2.68. The van der Waals surface area contributed by atoms with Crippen molar-refractivity contribution in [3.8, 4) is 0 Å². The van der Waals surface area contributed by atoms with Gasteiger partial charge in [-0.3, -0.25) is 0 Å². The molecule has 0 bridgehead atoms. The summed E-state index contributed by atoms with van der Waals surface area (Å²) in [6, 6.07) is 0. The fourth-order valence-electron chi connectivity index (χ4n) is 0.300. The Hall–Kier alpha value is 0.0569. The van der Waals surface area contributed by atoms with Gasteiger partial charge in [0, 0.05) is 24.9 Å². The summed E-state index contributed by atoms with van der Waals surface area (Å²) in [5.41, 5.74) is 0. The third kappa shape index (κ3) is 2.03. The molecule has 0 saturated heterocycles. The highest BCUT2D eigenvalue weighted by atomic mass is 28.3. The first-order valence-corrected chi connectivity index (χ1v) is 5.51. The lowest BCUT2D eigenvalue weighted by atomic mass is 11.5. The molecule has 0 saturated carbocycles. The Morgan fingerprint density at radius 3 is 0.889 bits per heavy atom. The Bertz CT molecular complexity index is 55.5. The lowest BCUT2D eigenvalue weighted by molar-refractivity contribution is 0.259. The lowest BCUT2D eigenvalue weighted by Gasteiger charge is -2.20. The molecule has 0 atom stereocenters. The average Bonchev–Trinajstić information content (AvgIpc) is 1.95. The highest BCUT2D eigenvalue weighted by Crippen LogP contribution is 1.96. The van der Waals surface area contributed by atoms with Crippen LogP contribution in [0.5, 0.6) is 0 Å². The summed E-state index contributed by atoms with van der Waals surface area (Å²) in [7, 11) is -2.47. The molecule has 0 fully saturated rings. The molecule has 0 spiro atoms. The zero-order valence-corrected chi connectivity index (χ0v) is 6.12. The summed E-state index contributed by atoms with van der Waals surface area (Å²) in [6.45, 7) is 0. The molecule has 5 heteroatoms. The van der Waals surface area contributed by atoms with Crippen molar-refractivity contribution in [1.29, 1.82) is 0 Å². The van der Waals surface area contributed by atoms with E-state index in [1.165, 1.54) is 0 Å². The molecule has 0 aliphatic carbocycles. The molecule has 0 amide bonds. The Morgan fingerprint density at radius 2 is 0.889 bits per heavy atom. The van der Waals surface area contributed by atoms with Crippen LogP contribution < -0.4 is 0 Å². The van der Waals surface area contributed by atoms with E-state index in [0.29, 0.717) is 0 Å². The Kier molecular flexibility index (Phi) is 3.99. The summed E-state index contributed by atoms with van der Waals surface area (Å²) in [5.74, 6) is 0. The van der Waals surface area contributed by atoms with Gasteiger partial charge in [0.1, 0.15) is 0 Å². The molecule has 0 unspecified atom stereocenters. The van der Waals surface area contributed by atoms with Crippen LogP contribution in [0, 0.1) is 0 Å². The Balaban J connectivity index is 3.82. The van der Waals surface area contributed by atoms with Gasteiger partial charge in [-0.15, -0.1) is 0 Å². The van der Waals surface area contributed by atoms with Crippen LogP contribution in [0.3, 0.4) is 0 Å². The number of aliphatic hydroxyl groups is 4. The smallest absolute Gasteiger partial charge is 0.166 e. The van der Waals surface area contributed by atoms with E-state index in [2.05, 4.69) is 0 Å². The summed E-state index contributed by atoms with van der Waals surface area (Å²) in [4.78, 5) is 0. The second-order valence-corrected chi connectivity index (χ2v) is 6.40. The standard InChI is InChI=1S/C4H12O4Si/c5-1-9(2-6,3-7)4-8/h5-8H,1-4H2. The Morgan fingerprint density at radius 1 is 0.667 bits per heavy atom. The SMILES string of the molecule is OC[Si](CO)(CO)CO. The molecular formula is C4H12O4Si. The topological polar surface area (TPSA) is 80.9 Å². The van der Waals surface area contributed by atoms with Gasteiger partial charge in [0.25, 0.3) is 0 Å². The van der Waals surface area contributed by atoms with Crippen molar-refractivity contribution < 1.29 is 20.4 Å². The van der Waals surface area contributed by atoms with E-state index < -0.39 is 8.07 Å². The van der Waals surface area contributed by atoms with E-state index in [0.717, 1.165) is 0 Å². The third-order valence-corrected chi connectivity index (χ3v) is 4.02. The maximum Gasteiger partial charge on any atom is 0.166 e. The van der Waals surface area contributed by atoms with Gasteiger partial charge in [-0.2, -0.15) is 0 Å². The van der Waals surface area contributed by atoms with Crippen LogP contribution in [-0.2, 0) is 0 Å². The van der Waals surface area contributed by atoms with Crippen molar-refractivity contribution in [2.75, 3.05) is 24.9 Å². The number of hydrogen-bond donors (Lipinski definition) is 4. The molecule has 0 radical (unpaired) electrons. The van der Waals surface area contributed by atoms with Crippen molar-refractivity contribution in [2.45, 2.75) is 0 Å². The van der Waals surface area contributed by atoms with Gasteiger partial charge < -0.3 is 20.4 Å². The molecule has 0 heterocycles. The molecule has 9 heavy (non-hydrogen) atoms. The van der Waals surface area contributed by atoms with Gasteiger partial charge in [-0.1, -0.05) is 0 Å². The molecule has 0 aromatic rings. The lowest BCUT2D eigenvalue weighted by Crippen LogP contribution is -2.52. The molecule has 0 aliphatic rings. The molecule has 4 N–H and O–H groups in total. The molecule has 0 rings (SSSR count). The van der Waals surface area contributed by atoms with Crippen LogP contribution in [-0.4, -0.2) is 53.4 Å². The normalized spacial score (nSPS) is 12.0. The van der Waals surface area contributed by atoms with Crippen LogP contribution in [0.2, 0.25) is 0 Å². The van der Waals surface area contributed by atoms with Crippen molar-refractivity contribution in [3.05, 3.63) is 0 Å². The predicted octanol–water partition coefficient (Wildman–Crippen LogP) is -2.44. The van der Waals surface area contributed by atoms with Crippen LogP contribution in [0.15, 0.2) is 0 Å². The van der Waals surface area contributed by atoms with Gasteiger partial charge in [-0.05, 0) is 0 Å². The average molecular weight is 152 g/mol. The van der Waals surface area contributed by atoms with Crippen LogP contribution >= 0.6 is 0 Å². The number of rotatable bonds is 4. The van der Waals surface area contributed by atoms with E-state index in [9.17, 15) is 0 Å². The number of aliphatic hydroxyl groups excluding tert-OH is 4. The predicted molar refractivity (Wildman–Crippen MR) is 34.1 cm³/mol. The maximum absolute atomic E-state index is 8.56. The fourth-order valence-corrected chi connectivity index (χ4v) is 0.900. The molecule has 0 aliphatic heterocycles. The van der Waals surface area contributed by atoms with Crippen LogP contribution in [0.25, 0.3) is 0 Å². The summed E-state index contributed by atoms with van der Waals surface area (Å²) < 4.78 is 0. The fraction of sp³-hybridized carbons (Fsp3) is 1.00. The first-order chi connectivity index (χ1) is 4.24. The minimum atomic E-state index is -2.47. The molecule has 56 valence electrons. The first kappa shape index (κ1) is 9.06. The minimum Gasteiger partial charge on any atom is -0.399 e. The molecule has 4 nitrogen and oxygen atoms in total. The van der Waals surface area contributed by atoms with E-state index in [1.807, 2.05) is 0 Å². The zero-order valence-electron chi connectivity index (χ0n) is 5.12. The van der Waals surface area contributed by atoms with Gasteiger partial charge >= 0.3 is 0 Å².